The van der Waals surface area contributed by atoms with Crippen LogP contribution in [0.1, 0.15) is 23.1 Å². The molecule has 55 heavy (non-hydrogen) atoms. The zero-order chi connectivity index (χ0) is 36.6. The van der Waals surface area contributed by atoms with Crippen molar-refractivity contribution in [1.82, 2.24) is 15.0 Å². The highest BCUT2D eigenvalue weighted by molar-refractivity contribution is 5.86. The van der Waals surface area contributed by atoms with Crippen LogP contribution >= 0.6 is 0 Å². The van der Waals surface area contributed by atoms with Crippen LogP contribution in [0.3, 0.4) is 0 Å². The maximum absolute atomic E-state index is 5.23. The van der Waals surface area contributed by atoms with Crippen molar-refractivity contribution >= 4 is 0 Å². The molecular formula is C52H37N3. The van der Waals surface area contributed by atoms with Gasteiger partial charge in [-0.1, -0.05) is 200 Å². The number of rotatable bonds is 7. The van der Waals surface area contributed by atoms with Gasteiger partial charge < -0.3 is 0 Å². The van der Waals surface area contributed by atoms with Crippen molar-refractivity contribution in [3.63, 3.8) is 0 Å². The first-order valence-corrected chi connectivity index (χ1v) is 19.0. The summed E-state index contributed by atoms with van der Waals surface area (Å²) in [7, 11) is 0. The van der Waals surface area contributed by atoms with Gasteiger partial charge in [0.25, 0.3) is 0 Å². The lowest BCUT2D eigenvalue weighted by Crippen LogP contribution is -2.35. The van der Waals surface area contributed by atoms with Crippen molar-refractivity contribution in [2.75, 3.05) is 0 Å². The van der Waals surface area contributed by atoms with Crippen LogP contribution in [-0.4, -0.2) is 15.0 Å². The van der Waals surface area contributed by atoms with E-state index in [9.17, 15) is 0 Å². The molecule has 1 heterocycles. The predicted molar refractivity (Wildman–Crippen MR) is 225 cm³/mol. The number of hydrogen-bond donors (Lipinski definition) is 0. The third kappa shape index (κ3) is 5.73. The maximum atomic E-state index is 5.23. The Morgan fingerprint density at radius 2 is 0.836 bits per heavy atom. The Kier molecular flexibility index (Phi) is 8.18. The summed E-state index contributed by atoms with van der Waals surface area (Å²) in [4.78, 5) is 15.6. The molecule has 1 aromatic heterocycles. The van der Waals surface area contributed by atoms with Crippen molar-refractivity contribution in [3.05, 3.63) is 223 Å². The van der Waals surface area contributed by atoms with Crippen LogP contribution in [0.5, 0.6) is 0 Å². The second kappa shape index (κ2) is 13.8. The van der Waals surface area contributed by atoms with Crippen molar-refractivity contribution in [3.8, 4) is 67.5 Å². The van der Waals surface area contributed by atoms with Crippen LogP contribution in [0.15, 0.2) is 206 Å². The van der Waals surface area contributed by atoms with Crippen LogP contribution in [0.25, 0.3) is 67.5 Å². The van der Waals surface area contributed by atoms with E-state index in [0.29, 0.717) is 17.5 Å². The summed E-state index contributed by atoms with van der Waals surface area (Å²) >= 11 is 0. The van der Waals surface area contributed by atoms with Crippen LogP contribution in [0.2, 0.25) is 0 Å². The first-order chi connectivity index (χ1) is 27.3. The second-order valence-electron chi connectivity index (χ2n) is 14.3. The van der Waals surface area contributed by atoms with Gasteiger partial charge in [0, 0.05) is 16.7 Å². The summed E-state index contributed by atoms with van der Waals surface area (Å²) < 4.78 is 0. The summed E-state index contributed by atoms with van der Waals surface area (Å²) in [6.07, 6.45) is 10.0. The van der Waals surface area contributed by atoms with Gasteiger partial charge in [-0.2, -0.15) is 0 Å². The number of aromatic nitrogens is 3. The first-order valence-electron chi connectivity index (χ1n) is 19.0. The van der Waals surface area contributed by atoms with Gasteiger partial charge in [-0.05, 0) is 68.5 Å². The summed E-state index contributed by atoms with van der Waals surface area (Å²) in [5, 5.41) is 0. The van der Waals surface area contributed by atoms with E-state index in [4.69, 9.17) is 15.0 Å². The van der Waals surface area contributed by atoms with Gasteiger partial charge in [0.1, 0.15) is 0 Å². The molecule has 0 saturated heterocycles. The quantitative estimate of drug-likeness (QED) is 0.166. The lowest BCUT2D eigenvalue weighted by molar-refractivity contribution is 0.457. The number of nitrogens with zero attached hydrogens (tertiary/aromatic N) is 3. The number of allylic oxidation sites excluding steroid dienone is 4. The number of benzene rings is 7. The van der Waals surface area contributed by atoms with Gasteiger partial charge in [0.15, 0.2) is 17.5 Å². The van der Waals surface area contributed by atoms with Crippen molar-refractivity contribution in [1.29, 1.82) is 0 Å². The lowest BCUT2D eigenvalue weighted by atomic mass is 9.62. The molecule has 0 saturated carbocycles. The molecular weight excluding hydrogens is 667 g/mol. The lowest BCUT2D eigenvalue weighted by Gasteiger charge is -2.39. The smallest absolute Gasteiger partial charge is 0.164 e. The van der Waals surface area contributed by atoms with E-state index in [1.807, 2.05) is 12.1 Å². The maximum Gasteiger partial charge on any atom is 0.164 e. The molecule has 2 unspecified atom stereocenters. The van der Waals surface area contributed by atoms with E-state index in [1.165, 1.54) is 38.9 Å². The Morgan fingerprint density at radius 3 is 1.40 bits per heavy atom. The molecule has 0 fully saturated rings. The van der Waals surface area contributed by atoms with E-state index >= 15 is 0 Å². The van der Waals surface area contributed by atoms with Gasteiger partial charge in [0.05, 0.1) is 5.41 Å². The van der Waals surface area contributed by atoms with Gasteiger partial charge in [-0.3, -0.25) is 0 Å². The van der Waals surface area contributed by atoms with Crippen LogP contribution in [0, 0.1) is 5.92 Å². The Morgan fingerprint density at radius 1 is 0.382 bits per heavy atom. The predicted octanol–water partition coefficient (Wildman–Crippen LogP) is 12.7. The van der Waals surface area contributed by atoms with Crippen LogP contribution < -0.4 is 0 Å². The summed E-state index contributed by atoms with van der Waals surface area (Å²) in [6.45, 7) is 0. The third-order valence-electron chi connectivity index (χ3n) is 11.2. The minimum Gasteiger partial charge on any atom is -0.208 e. The van der Waals surface area contributed by atoms with E-state index in [-0.39, 0.29) is 11.3 Å². The molecule has 2 aliphatic rings. The Bertz CT molecular complexity index is 2600. The molecule has 0 bridgehead atoms. The Balaban J connectivity index is 1.15. The Labute approximate surface area is 322 Å². The fourth-order valence-corrected chi connectivity index (χ4v) is 8.63. The van der Waals surface area contributed by atoms with E-state index in [2.05, 4.69) is 194 Å². The van der Waals surface area contributed by atoms with Crippen LogP contribution in [-0.2, 0) is 5.41 Å². The van der Waals surface area contributed by atoms with Crippen LogP contribution in [0.4, 0.5) is 0 Å². The minimum absolute atomic E-state index is 0.230. The summed E-state index contributed by atoms with van der Waals surface area (Å²) in [5.41, 5.74) is 13.6. The van der Waals surface area contributed by atoms with E-state index < -0.39 is 0 Å². The normalized spacial score (nSPS) is 16.8. The SMILES string of the molecule is C1=CCC(C2(c3ccccc3)c3ccccc3-c3ccc(-c4nc(-c5ccc(-c6ccccc6)cc5)nc(-c5ccc(-c6ccccc6)cc5)n4)cc32)C=C1. The highest BCUT2D eigenvalue weighted by Gasteiger charge is 2.49. The van der Waals surface area contributed by atoms with Gasteiger partial charge >= 0.3 is 0 Å². The second-order valence-corrected chi connectivity index (χ2v) is 14.3. The molecule has 0 amide bonds. The zero-order valence-corrected chi connectivity index (χ0v) is 30.3. The zero-order valence-electron chi connectivity index (χ0n) is 30.3. The molecule has 3 heteroatoms. The van der Waals surface area contributed by atoms with Gasteiger partial charge in [-0.15, -0.1) is 0 Å². The molecule has 2 atom stereocenters. The van der Waals surface area contributed by atoms with Crippen molar-refractivity contribution in [2.24, 2.45) is 5.92 Å². The first kappa shape index (κ1) is 32.7. The Hall–Kier alpha value is -6.97. The largest absolute Gasteiger partial charge is 0.208 e. The molecule has 2 aliphatic carbocycles. The molecule has 260 valence electrons. The standard InChI is InChI=1S/C52H37N3/c1-5-15-36(16-6-1)38-25-29-40(30-26-38)49-53-50(41-31-27-39(28-32-41)37-17-7-2-8-18-37)55-51(54-49)42-33-34-46-45-23-13-14-24-47(45)52(48(46)35-42,43-19-9-3-10-20-43)44-21-11-4-12-22-44/h1-21,23-35,44H,22H2. The molecule has 8 aromatic rings. The molecule has 3 nitrogen and oxygen atoms in total. The topological polar surface area (TPSA) is 38.7 Å². The molecule has 10 rings (SSSR count). The fourth-order valence-electron chi connectivity index (χ4n) is 8.63. The van der Waals surface area contributed by atoms with Gasteiger partial charge in [-0.25, -0.2) is 15.0 Å². The van der Waals surface area contributed by atoms with Crippen molar-refractivity contribution in [2.45, 2.75) is 11.8 Å². The van der Waals surface area contributed by atoms with E-state index in [0.717, 1.165) is 34.2 Å². The van der Waals surface area contributed by atoms with E-state index in [1.54, 1.807) is 0 Å². The highest BCUT2D eigenvalue weighted by Crippen LogP contribution is 2.58. The van der Waals surface area contributed by atoms with Crippen molar-refractivity contribution < 1.29 is 0 Å². The minimum atomic E-state index is -0.385. The molecule has 7 aromatic carbocycles. The summed E-state index contributed by atoms with van der Waals surface area (Å²) in [5.74, 6) is 2.17. The number of hydrogen-bond acceptors (Lipinski definition) is 3. The average molecular weight is 704 g/mol. The van der Waals surface area contributed by atoms with Gasteiger partial charge in [0.2, 0.25) is 0 Å². The molecule has 0 spiro atoms. The molecule has 0 aliphatic heterocycles. The fraction of sp³-hybridized carbons (Fsp3) is 0.0577. The highest BCUT2D eigenvalue weighted by atomic mass is 15.0. The number of fused-ring (bicyclic) bond motifs is 3. The average Bonchev–Trinajstić information content (AvgIpc) is 3.58. The third-order valence-corrected chi connectivity index (χ3v) is 11.2. The summed E-state index contributed by atoms with van der Waals surface area (Å²) in [6, 6.07) is 64.8. The monoisotopic (exact) mass is 703 g/mol. The molecule has 0 radical (unpaired) electrons. The molecule has 0 N–H and O–H groups in total.